The smallest absolute Gasteiger partial charge is 0.240 e. The molecule has 2 N–H and O–H groups in total. The van der Waals surface area contributed by atoms with Gasteiger partial charge in [-0.1, -0.05) is 6.07 Å². The molecule has 0 bridgehead atoms. The van der Waals surface area contributed by atoms with Crippen LogP contribution < -0.4 is 24.4 Å². The number of nitrogens with zero attached hydrogens (tertiary/aromatic N) is 1. The fourth-order valence-electron chi connectivity index (χ4n) is 3.80. The van der Waals surface area contributed by atoms with Crippen molar-refractivity contribution in [3.8, 4) is 11.5 Å². The van der Waals surface area contributed by atoms with E-state index < -0.39 is 15.9 Å². The number of hydrogen-bond donors (Lipinski definition) is 2. The standard InChI is InChI=1S/C23H27N3O6S/c1-14-4-8-21(32-3)19(10-14)26-13-15(11-22(26)27)23(28)24-18-12-17(7-9-20(18)31-2)33(29,30)25-16-5-6-16/h4,7-10,12,15-16,25H,5-6,11,13H2,1-3H3,(H,24,28). The zero-order valence-electron chi connectivity index (χ0n) is 18.8. The average Bonchev–Trinajstić information content (AvgIpc) is 3.50. The maximum atomic E-state index is 13.0. The van der Waals surface area contributed by atoms with Gasteiger partial charge in [0.25, 0.3) is 0 Å². The summed E-state index contributed by atoms with van der Waals surface area (Å²) in [5, 5.41) is 2.75. The first kappa shape index (κ1) is 23.1. The molecule has 0 aromatic heterocycles. The Labute approximate surface area is 193 Å². The summed E-state index contributed by atoms with van der Waals surface area (Å²) in [5.74, 6) is -0.304. The van der Waals surface area contributed by atoms with Crippen molar-refractivity contribution in [2.75, 3.05) is 31.0 Å². The minimum absolute atomic E-state index is 0.0342. The van der Waals surface area contributed by atoms with Crippen LogP contribution in [0.15, 0.2) is 41.3 Å². The normalized spacial score (nSPS) is 18.3. The van der Waals surface area contributed by atoms with Crippen LogP contribution in [0.4, 0.5) is 11.4 Å². The highest BCUT2D eigenvalue weighted by molar-refractivity contribution is 7.89. The van der Waals surface area contributed by atoms with Gasteiger partial charge in [-0.25, -0.2) is 13.1 Å². The zero-order valence-corrected chi connectivity index (χ0v) is 19.6. The van der Waals surface area contributed by atoms with Crippen molar-refractivity contribution in [2.24, 2.45) is 5.92 Å². The van der Waals surface area contributed by atoms with Crippen LogP contribution in [0.2, 0.25) is 0 Å². The predicted octanol–water partition coefficient (Wildman–Crippen LogP) is 2.44. The fraction of sp³-hybridized carbons (Fsp3) is 0.391. The van der Waals surface area contributed by atoms with Gasteiger partial charge in [-0.05, 0) is 55.7 Å². The number of rotatable bonds is 8. The summed E-state index contributed by atoms with van der Waals surface area (Å²) < 4.78 is 38.5. The molecule has 10 heteroatoms. The molecule has 2 aromatic rings. The SMILES string of the molecule is COc1ccc(S(=O)(=O)NC2CC2)cc1NC(=O)C1CC(=O)N(c2cc(C)ccc2OC)C1. The van der Waals surface area contributed by atoms with Gasteiger partial charge in [-0.2, -0.15) is 0 Å². The molecular formula is C23H27N3O6S. The van der Waals surface area contributed by atoms with E-state index in [9.17, 15) is 18.0 Å². The molecule has 1 saturated heterocycles. The van der Waals surface area contributed by atoms with Gasteiger partial charge in [0.05, 0.1) is 36.4 Å². The molecule has 2 fully saturated rings. The van der Waals surface area contributed by atoms with Gasteiger partial charge in [-0.15, -0.1) is 0 Å². The highest BCUT2D eigenvalue weighted by atomic mass is 32.2. The topological polar surface area (TPSA) is 114 Å². The molecule has 176 valence electrons. The molecule has 2 amide bonds. The Morgan fingerprint density at radius 2 is 1.76 bits per heavy atom. The zero-order chi connectivity index (χ0) is 23.8. The van der Waals surface area contributed by atoms with E-state index in [1.54, 1.807) is 11.0 Å². The Morgan fingerprint density at radius 1 is 1.06 bits per heavy atom. The molecule has 4 rings (SSSR count). The lowest BCUT2D eigenvalue weighted by atomic mass is 10.1. The molecular weight excluding hydrogens is 446 g/mol. The summed E-state index contributed by atoms with van der Waals surface area (Å²) in [6, 6.07) is 9.80. The molecule has 1 aliphatic heterocycles. The van der Waals surface area contributed by atoms with Crippen LogP contribution in [0.1, 0.15) is 24.8 Å². The van der Waals surface area contributed by atoms with Gasteiger partial charge in [0.15, 0.2) is 0 Å². The molecule has 1 saturated carbocycles. The van der Waals surface area contributed by atoms with Crippen molar-refractivity contribution in [3.63, 3.8) is 0 Å². The number of nitrogens with one attached hydrogen (secondary N) is 2. The number of sulfonamides is 1. The molecule has 1 heterocycles. The van der Waals surface area contributed by atoms with Crippen molar-refractivity contribution in [3.05, 3.63) is 42.0 Å². The summed E-state index contributed by atoms with van der Waals surface area (Å²) in [7, 11) is -0.729. The first-order chi connectivity index (χ1) is 15.7. The van der Waals surface area contributed by atoms with Crippen LogP contribution in [0.3, 0.4) is 0 Å². The Kier molecular flexibility index (Phi) is 6.31. The van der Waals surface area contributed by atoms with Gasteiger partial charge >= 0.3 is 0 Å². The third-order valence-electron chi connectivity index (χ3n) is 5.76. The largest absolute Gasteiger partial charge is 0.495 e. The molecule has 0 radical (unpaired) electrons. The third-order valence-corrected chi connectivity index (χ3v) is 7.28. The minimum Gasteiger partial charge on any atom is -0.495 e. The lowest BCUT2D eigenvalue weighted by Gasteiger charge is -2.20. The molecule has 1 atom stereocenters. The van der Waals surface area contributed by atoms with Gasteiger partial charge in [0, 0.05) is 19.0 Å². The van der Waals surface area contributed by atoms with Crippen LogP contribution in [0, 0.1) is 12.8 Å². The second kappa shape index (κ2) is 9.03. The average molecular weight is 474 g/mol. The highest BCUT2D eigenvalue weighted by Gasteiger charge is 2.37. The quantitative estimate of drug-likeness (QED) is 0.609. The van der Waals surface area contributed by atoms with Gasteiger partial charge in [-0.3, -0.25) is 9.59 Å². The van der Waals surface area contributed by atoms with Crippen LogP contribution >= 0.6 is 0 Å². The van der Waals surface area contributed by atoms with Crippen molar-refractivity contribution in [2.45, 2.75) is 37.1 Å². The van der Waals surface area contributed by atoms with Crippen LogP contribution in [-0.4, -0.2) is 47.0 Å². The van der Waals surface area contributed by atoms with Gasteiger partial charge in [0.1, 0.15) is 11.5 Å². The number of hydrogen-bond acceptors (Lipinski definition) is 6. The van der Waals surface area contributed by atoms with E-state index in [1.807, 2.05) is 19.1 Å². The summed E-state index contributed by atoms with van der Waals surface area (Å²) >= 11 is 0. The Morgan fingerprint density at radius 3 is 2.42 bits per heavy atom. The maximum Gasteiger partial charge on any atom is 0.240 e. The van der Waals surface area contributed by atoms with Crippen LogP contribution in [0.25, 0.3) is 0 Å². The molecule has 33 heavy (non-hydrogen) atoms. The predicted molar refractivity (Wildman–Crippen MR) is 123 cm³/mol. The number of carbonyl (C=O) groups excluding carboxylic acids is 2. The first-order valence-corrected chi connectivity index (χ1v) is 12.2. The van der Waals surface area contributed by atoms with E-state index in [0.29, 0.717) is 17.2 Å². The summed E-state index contributed by atoms with van der Waals surface area (Å²) in [6.07, 6.45) is 1.67. The number of carbonyl (C=O) groups is 2. The molecule has 1 aliphatic carbocycles. The van der Waals surface area contributed by atoms with E-state index in [4.69, 9.17) is 9.47 Å². The summed E-state index contributed by atoms with van der Waals surface area (Å²) in [5.41, 5.74) is 1.82. The highest BCUT2D eigenvalue weighted by Crippen LogP contribution is 2.35. The number of amides is 2. The number of aryl methyl sites for hydroxylation is 1. The number of benzene rings is 2. The second-order valence-corrected chi connectivity index (χ2v) is 10.0. The lowest BCUT2D eigenvalue weighted by Crippen LogP contribution is -2.29. The van der Waals surface area contributed by atoms with Crippen molar-refractivity contribution in [1.29, 1.82) is 0 Å². The van der Waals surface area contributed by atoms with Gasteiger partial charge < -0.3 is 19.7 Å². The number of anilines is 2. The minimum atomic E-state index is -3.70. The van der Waals surface area contributed by atoms with Crippen molar-refractivity contribution >= 4 is 33.2 Å². The molecule has 9 nitrogen and oxygen atoms in total. The number of methoxy groups -OCH3 is 2. The van der Waals surface area contributed by atoms with E-state index in [2.05, 4.69) is 10.0 Å². The van der Waals surface area contributed by atoms with Crippen molar-refractivity contribution < 1.29 is 27.5 Å². The van der Waals surface area contributed by atoms with Crippen molar-refractivity contribution in [1.82, 2.24) is 4.72 Å². The fourth-order valence-corrected chi connectivity index (χ4v) is 5.13. The first-order valence-electron chi connectivity index (χ1n) is 10.7. The van der Waals surface area contributed by atoms with E-state index in [1.165, 1.54) is 32.4 Å². The second-order valence-electron chi connectivity index (χ2n) is 8.33. The Bertz CT molecular complexity index is 1190. The van der Waals surface area contributed by atoms with E-state index in [-0.39, 0.29) is 41.4 Å². The third kappa shape index (κ3) is 4.96. The van der Waals surface area contributed by atoms with E-state index >= 15 is 0 Å². The maximum absolute atomic E-state index is 13.0. The molecule has 2 aliphatic rings. The Balaban J connectivity index is 1.53. The molecule has 2 aromatic carbocycles. The van der Waals surface area contributed by atoms with Gasteiger partial charge in [0.2, 0.25) is 21.8 Å². The Hall–Kier alpha value is -3.11. The lowest BCUT2D eigenvalue weighted by molar-refractivity contribution is -0.122. The molecule has 0 spiro atoms. The monoisotopic (exact) mass is 473 g/mol. The van der Waals surface area contributed by atoms with Crippen LogP contribution in [-0.2, 0) is 19.6 Å². The van der Waals surface area contributed by atoms with Crippen LogP contribution in [0.5, 0.6) is 11.5 Å². The summed E-state index contributed by atoms with van der Waals surface area (Å²) in [6.45, 7) is 2.10. The molecule has 1 unspecified atom stereocenters. The van der Waals surface area contributed by atoms with E-state index in [0.717, 1.165) is 18.4 Å². The summed E-state index contributed by atoms with van der Waals surface area (Å²) in [4.78, 5) is 27.3. The number of ether oxygens (including phenoxy) is 2.